The molecule has 2 aromatic heterocycles. The zero-order chi connectivity index (χ0) is 24.5. The van der Waals surface area contributed by atoms with E-state index in [1.807, 2.05) is 30.3 Å². The van der Waals surface area contributed by atoms with Crippen molar-refractivity contribution in [3.05, 3.63) is 107 Å². The van der Waals surface area contributed by atoms with E-state index in [9.17, 15) is 14.7 Å². The molecule has 1 aliphatic heterocycles. The van der Waals surface area contributed by atoms with Gasteiger partial charge in [-0.15, -0.1) is 11.3 Å². The Kier molecular flexibility index (Phi) is 5.88. The highest BCUT2D eigenvalue weighted by atomic mass is 32.1. The molecule has 0 radical (unpaired) electrons. The highest BCUT2D eigenvalue weighted by Gasteiger charge is 2.46. The van der Waals surface area contributed by atoms with Crippen LogP contribution in [0.4, 0.5) is 5.69 Å². The van der Waals surface area contributed by atoms with Gasteiger partial charge in [0, 0.05) is 11.8 Å². The van der Waals surface area contributed by atoms with Crippen LogP contribution in [0.15, 0.2) is 90.3 Å². The molecular weight excluding hydrogens is 462 g/mol. The minimum Gasteiger partial charge on any atom is -0.503 e. The van der Waals surface area contributed by atoms with Crippen LogP contribution in [-0.4, -0.2) is 33.9 Å². The Hall–Kier alpha value is -4.30. The summed E-state index contributed by atoms with van der Waals surface area (Å²) < 4.78 is 5.47. The van der Waals surface area contributed by atoms with Gasteiger partial charge in [0.15, 0.2) is 5.76 Å². The van der Waals surface area contributed by atoms with Crippen LogP contribution >= 0.6 is 11.3 Å². The van der Waals surface area contributed by atoms with E-state index in [1.165, 1.54) is 23.3 Å². The predicted molar refractivity (Wildman–Crippen MR) is 134 cm³/mol. The number of amides is 1. The van der Waals surface area contributed by atoms with Crippen molar-refractivity contribution in [3.63, 3.8) is 0 Å². The average molecular weight is 484 g/mol. The van der Waals surface area contributed by atoms with Crippen LogP contribution in [0.2, 0.25) is 0 Å². The first kappa shape index (κ1) is 22.5. The summed E-state index contributed by atoms with van der Waals surface area (Å²) in [5.41, 5.74) is 2.26. The zero-order valence-electron chi connectivity index (χ0n) is 19.0. The second-order valence-corrected chi connectivity index (χ2v) is 8.89. The molecule has 0 fully saturated rings. The van der Waals surface area contributed by atoms with Crippen LogP contribution in [0, 0.1) is 6.92 Å². The van der Waals surface area contributed by atoms with Gasteiger partial charge in [-0.25, -0.2) is 4.98 Å². The molecule has 35 heavy (non-hydrogen) atoms. The number of Topliss-reactive ketones (excluding diaryl/α,β-unsaturated/α-hetero) is 1. The fraction of sp³-hybridized carbons (Fsp3) is 0.111. The smallest absolute Gasteiger partial charge is 0.294 e. The maximum atomic E-state index is 13.9. The lowest BCUT2D eigenvalue weighted by atomic mass is 9.98. The normalized spacial score (nSPS) is 15.5. The van der Waals surface area contributed by atoms with E-state index in [-0.39, 0.29) is 5.57 Å². The number of hydrogen-bond donors (Lipinski definition) is 1. The Morgan fingerprint density at radius 3 is 2.46 bits per heavy atom. The van der Waals surface area contributed by atoms with E-state index in [0.717, 1.165) is 5.56 Å². The van der Waals surface area contributed by atoms with Crippen molar-refractivity contribution in [1.29, 1.82) is 0 Å². The number of carbonyl (C=O) groups is 2. The molecule has 0 aliphatic carbocycles. The van der Waals surface area contributed by atoms with Crippen molar-refractivity contribution < 1.29 is 19.4 Å². The standard InChI is InChI=1S/C27H21N3O4S/c1-16-25(35-26(29-16)17-10-4-3-5-11-17)23(31)21-22(18-12-8-9-15-28-18)30(27(33)24(21)32)19-13-6-7-14-20(19)34-2/h3-15,22,32H,1-2H3. The quantitative estimate of drug-likeness (QED) is 0.374. The molecule has 174 valence electrons. The van der Waals surface area contributed by atoms with Crippen LogP contribution in [0.3, 0.4) is 0 Å². The predicted octanol–water partition coefficient (Wildman–Crippen LogP) is 5.31. The van der Waals surface area contributed by atoms with Gasteiger partial charge in [-0.3, -0.25) is 19.5 Å². The molecule has 1 aliphatic rings. The molecule has 0 bridgehead atoms. The molecule has 7 nitrogen and oxygen atoms in total. The summed E-state index contributed by atoms with van der Waals surface area (Å²) in [6, 6.07) is 20.8. The summed E-state index contributed by atoms with van der Waals surface area (Å²) >= 11 is 1.23. The molecule has 3 heterocycles. The third kappa shape index (κ3) is 3.87. The lowest BCUT2D eigenvalue weighted by molar-refractivity contribution is -0.117. The number of aliphatic hydroxyl groups is 1. The second kappa shape index (κ2) is 9.15. The van der Waals surface area contributed by atoms with E-state index < -0.39 is 23.5 Å². The molecule has 0 saturated heterocycles. The Morgan fingerprint density at radius 2 is 1.74 bits per heavy atom. The van der Waals surface area contributed by atoms with Gasteiger partial charge in [-0.1, -0.05) is 48.5 Å². The first-order chi connectivity index (χ1) is 17.0. The molecule has 1 unspecified atom stereocenters. The highest BCUT2D eigenvalue weighted by molar-refractivity contribution is 7.17. The minimum absolute atomic E-state index is 0.0361. The lowest BCUT2D eigenvalue weighted by Gasteiger charge is -2.27. The van der Waals surface area contributed by atoms with Gasteiger partial charge >= 0.3 is 0 Å². The fourth-order valence-corrected chi connectivity index (χ4v) is 5.19. The number of ketones is 1. The van der Waals surface area contributed by atoms with E-state index in [0.29, 0.717) is 32.7 Å². The van der Waals surface area contributed by atoms with E-state index in [2.05, 4.69) is 9.97 Å². The molecule has 1 amide bonds. The number of rotatable bonds is 6. The summed E-state index contributed by atoms with van der Waals surface area (Å²) in [5, 5.41) is 11.7. The second-order valence-electron chi connectivity index (χ2n) is 7.90. The first-order valence-corrected chi connectivity index (χ1v) is 11.7. The number of thiazole rings is 1. The number of ether oxygens (including phenoxy) is 1. The van der Waals surface area contributed by atoms with Crippen molar-refractivity contribution in [1.82, 2.24) is 9.97 Å². The van der Waals surface area contributed by atoms with Gasteiger partial charge in [-0.2, -0.15) is 0 Å². The van der Waals surface area contributed by atoms with Gasteiger partial charge in [0.25, 0.3) is 5.91 Å². The van der Waals surface area contributed by atoms with Gasteiger partial charge in [0.1, 0.15) is 16.8 Å². The van der Waals surface area contributed by atoms with Gasteiger partial charge < -0.3 is 9.84 Å². The van der Waals surface area contributed by atoms with Crippen molar-refractivity contribution >= 4 is 28.7 Å². The summed E-state index contributed by atoms with van der Waals surface area (Å²) in [6.07, 6.45) is 1.59. The number of pyridine rings is 1. The molecule has 5 rings (SSSR count). The van der Waals surface area contributed by atoms with Gasteiger partial charge in [0.05, 0.1) is 34.6 Å². The maximum Gasteiger partial charge on any atom is 0.294 e. The van der Waals surface area contributed by atoms with E-state index in [4.69, 9.17) is 4.74 Å². The Labute approximate surface area is 206 Å². The van der Waals surface area contributed by atoms with Crippen molar-refractivity contribution in [2.75, 3.05) is 12.0 Å². The fourth-order valence-electron chi connectivity index (χ4n) is 4.17. The number of methoxy groups -OCH3 is 1. The molecule has 8 heteroatoms. The number of aliphatic hydroxyl groups excluding tert-OH is 1. The molecule has 0 saturated carbocycles. The number of para-hydroxylation sites is 2. The van der Waals surface area contributed by atoms with E-state index >= 15 is 0 Å². The topological polar surface area (TPSA) is 92.6 Å². The Balaban J connectivity index is 1.64. The monoisotopic (exact) mass is 483 g/mol. The molecule has 1 N–H and O–H groups in total. The van der Waals surface area contributed by atoms with Crippen molar-refractivity contribution in [3.8, 4) is 16.3 Å². The summed E-state index contributed by atoms with van der Waals surface area (Å²) in [5.74, 6) is -1.32. The van der Waals surface area contributed by atoms with Crippen molar-refractivity contribution in [2.45, 2.75) is 13.0 Å². The maximum absolute atomic E-state index is 13.9. The van der Waals surface area contributed by atoms with E-state index in [1.54, 1.807) is 55.6 Å². The number of aromatic nitrogens is 2. The largest absolute Gasteiger partial charge is 0.503 e. The summed E-state index contributed by atoms with van der Waals surface area (Å²) in [6.45, 7) is 1.75. The summed E-state index contributed by atoms with van der Waals surface area (Å²) in [7, 11) is 1.50. The molecular formula is C27H21N3O4S. The highest BCUT2D eigenvalue weighted by Crippen LogP contribution is 2.45. The van der Waals surface area contributed by atoms with Gasteiger partial charge in [0.2, 0.25) is 5.78 Å². The Morgan fingerprint density at radius 1 is 1.03 bits per heavy atom. The molecule has 1 atom stereocenters. The SMILES string of the molecule is COc1ccccc1N1C(=O)C(O)=C(C(=O)c2sc(-c3ccccc3)nc2C)C1c1ccccn1. The molecule has 0 spiro atoms. The number of anilines is 1. The van der Waals surface area contributed by atoms with Crippen LogP contribution in [0.1, 0.15) is 27.1 Å². The number of aryl methyl sites for hydroxylation is 1. The third-order valence-corrected chi connectivity index (χ3v) is 6.99. The number of carbonyl (C=O) groups excluding carboxylic acids is 2. The van der Waals surface area contributed by atoms with Crippen LogP contribution in [-0.2, 0) is 4.79 Å². The minimum atomic E-state index is -0.936. The number of benzene rings is 2. The van der Waals surface area contributed by atoms with Crippen molar-refractivity contribution in [2.24, 2.45) is 0 Å². The van der Waals surface area contributed by atoms with Crippen LogP contribution in [0.5, 0.6) is 5.75 Å². The zero-order valence-corrected chi connectivity index (χ0v) is 19.8. The molecule has 4 aromatic rings. The van der Waals surface area contributed by atoms with Gasteiger partial charge in [-0.05, 0) is 31.2 Å². The average Bonchev–Trinajstić information content (AvgIpc) is 3.42. The van der Waals surface area contributed by atoms with Crippen LogP contribution < -0.4 is 9.64 Å². The summed E-state index contributed by atoms with van der Waals surface area (Å²) in [4.78, 5) is 38.0. The Bertz CT molecular complexity index is 1450. The molecule has 2 aromatic carbocycles. The van der Waals surface area contributed by atoms with Crippen LogP contribution in [0.25, 0.3) is 10.6 Å². The lowest BCUT2D eigenvalue weighted by Crippen LogP contribution is -2.31. The third-order valence-electron chi connectivity index (χ3n) is 5.79. The number of nitrogens with zero attached hydrogens (tertiary/aromatic N) is 3. The number of hydrogen-bond acceptors (Lipinski definition) is 7. The first-order valence-electron chi connectivity index (χ1n) is 10.9.